The van der Waals surface area contributed by atoms with Crippen LogP contribution in [-0.4, -0.2) is 10.7 Å². The van der Waals surface area contributed by atoms with Crippen LogP contribution in [0.2, 0.25) is 0 Å². The maximum Gasteiger partial charge on any atom is 0.125 e. The summed E-state index contributed by atoms with van der Waals surface area (Å²) >= 11 is 0. The van der Waals surface area contributed by atoms with Crippen molar-refractivity contribution < 1.29 is 5.11 Å². The fraction of sp³-hybridized carbons (Fsp3) is 0.600. The van der Waals surface area contributed by atoms with E-state index in [-0.39, 0.29) is 5.92 Å². The average molecular weight is 220 g/mol. The molecule has 0 aromatic carbocycles. The van der Waals surface area contributed by atoms with Gasteiger partial charge in [-0.3, -0.25) is 0 Å². The molecule has 0 bridgehead atoms. The Bertz CT molecular complexity index is 285. The molecule has 0 saturated heterocycles. The van der Waals surface area contributed by atoms with Crippen molar-refractivity contribution in [2.45, 2.75) is 53.1 Å². The zero-order valence-corrected chi connectivity index (χ0v) is 11.2. The Hall–Kier alpha value is -1.00. The van der Waals surface area contributed by atoms with Gasteiger partial charge < -0.3 is 5.11 Å². The quantitative estimate of drug-likeness (QED) is 0.553. The van der Waals surface area contributed by atoms with Gasteiger partial charge in [-0.25, -0.2) is 0 Å². The Kier molecular flexibility index (Phi) is 6.14. The second kappa shape index (κ2) is 6.55. The molecule has 0 aliphatic carbocycles. The molecule has 0 saturated carbocycles. The molecular formula is C15H24O. The van der Waals surface area contributed by atoms with Gasteiger partial charge in [0.2, 0.25) is 0 Å². The van der Waals surface area contributed by atoms with Crippen LogP contribution in [0, 0.1) is 18.3 Å². The average Bonchev–Trinajstić information content (AvgIpc) is 2.16. The van der Waals surface area contributed by atoms with Gasteiger partial charge in [-0.05, 0) is 47.5 Å². The standard InChI is InChI=1S/C15H24O/c1-7-15(6,16)14(10-8-12(2)3)11-9-13(4)5/h1,8-9,14,16H,10-11H2,2-6H3/t15-/m0/s1. The lowest BCUT2D eigenvalue weighted by molar-refractivity contribution is 0.0582. The lowest BCUT2D eigenvalue weighted by Crippen LogP contribution is -2.32. The number of terminal acetylenes is 1. The van der Waals surface area contributed by atoms with Gasteiger partial charge in [0.25, 0.3) is 0 Å². The summed E-state index contributed by atoms with van der Waals surface area (Å²) in [6.45, 7) is 9.95. The SMILES string of the molecule is C#C[C@](C)(O)C(CC=C(C)C)CC=C(C)C. The zero-order chi connectivity index (χ0) is 12.8. The van der Waals surface area contributed by atoms with Crippen molar-refractivity contribution in [2.75, 3.05) is 0 Å². The van der Waals surface area contributed by atoms with Gasteiger partial charge in [0, 0.05) is 5.92 Å². The summed E-state index contributed by atoms with van der Waals surface area (Å²) in [6, 6.07) is 0. The number of hydrogen-bond acceptors (Lipinski definition) is 1. The van der Waals surface area contributed by atoms with E-state index >= 15 is 0 Å². The Labute approximate surface area is 100 Å². The van der Waals surface area contributed by atoms with Crippen molar-refractivity contribution in [2.24, 2.45) is 5.92 Å². The third-order valence-corrected chi connectivity index (χ3v) is 2.71. The van der Waals surface area contributed by atoms with E-state index in [4.69, 9.17) is 6.42 Å². The molecule has 90 valence electrons. The minimum atomic E-state index is -1.03. The van der Waals surface area contributed by atoms with Gasteiger partial charge in [-0.15, -0.1) is 6.42 Å². The second-order valence-corrected chi connectivity index (χ2v) is 5.02. The van der Waals surface area contributed by atoms with Crippen LogP contribution in [0.5, 0.6) is 0 Å². The molecule has 0 heterocycles. The molecule has 16 heavy (non-hydrogen) atoms. The molecule has 1 heteroatoms. The van der Waals surface area contributed by atoms with E-state index in [9.17, 15) is 5.11 Å². The van der Waals surface area contributed by atoms with E-state index in [1.807, 2.05) is 0 Å². The number of aliphatic hydroxyl groups is 1. The smallest absolute Gasteiger partial charge is 0.125 e. The summed E-state index contributed by atoms with van der Waals surface area (Å²) in [6.07, 6.45) is 11.3. The molecule has 1 N–H and O–H groups in total. The minimum absolute atomic E-state index is 0.0855. The Balaban J connectivity index is 4.72. The van der Waals surface area contributed by atoms with Crippen molar-refractivity contribution in [1.82, 2.24) is 0 Å². The molecule has 0 amide bonds. The number of hydrogen-bond donors (Lipinski definition) is 1. The Morgan fingerprint density at radius 3 is 1.81 bits per heavy atom. The van der Waals surface area contributed by atoms with Crippen molar-refractivity contribution in [3.8, 4) is 12.3 Å². The molecule has 0 rings (SSSR count). The highest BCUT2D eigenvalue weighted by atomic mass is 16.3. The summed E-state index contributed by atoms with van der Waals surface area (Å²) in [5, 5.41) is 10.1. The highest BCUT2D eigenvalue weighted by Crippen LogP contribution is 2.25. The normalized spacial score (nSPS) is 13.9. The van der Waals surface area contributed by atoms with E-state index in [0.717, 1.165) is 12.8 Å². The van der Waals surface area contributed by atoms with Crippen LogP contribution in [0.25, 0.3) is 0 Å². The molecule has 1 atom stereocenters. The van der Waals surface area contributed by atoms with Crippen molar-refractivity contribution in [1.29, 1.82) is 0 Å². The van der Waals surface area contributed by atoms with Gasteiger partial charge in [0.1, 0.15) is 5.60 Å². The topological polar surface area (TPSA) is 20.2 Å². The fourth-order valence-electron chi connectivity index (χ4n) is 1.43. The van der Waals surface area contributed by atoms with Gasteiger partial charge in [-0.1, -0.05) is 29.2 Å². The van der Waals surface area contributed by atoms with E-state index in [2.05, 4.69) is 45.8 Å². The highest BCUT2D eigenvalue weighted by Gasteiger charge is 2.27. The minimum Gasteiger partial charge on any atom is -0.378 e. The van der Waals surface area contributed by atoms with Crippen LogP contribution >= 0.6 is 0 Å². The van der Waals surface area contributed by atoms with Crippen molar-refractivity contribution in [3.05, 3.63) is 23.3 Å². The van der Waals surface area contributed by atoms with Crippen LogP contribution < -0.4 is 0 Å². The van der Waals surface area contributed by atoms with Crippen LogP contribution in [0.1, 0.15) is 47.5 Å². The number of allylic oxidation sites excluding steroid dienone is 4. The van der Waals surface area contributed by atoms with Gasteiger partial charge >= 0.3 is 0 Å². The molecular weight excluding hydrogens is 196 g/mol. The summed E-state index contributed by atoms with van der Waals surface area (Å²) in [5.41, 5.74) is 1.49. The maximum atomic E-state index is 10.1. The van der Waals surface area contributed by atoms with Crippen molar-refractivity contribution >= 4 is 0 Å². The summed E-state index contributed by atoms with van der Waals surface area (Å²) in [5.74, 6) is 2.57. The van der Waals surface area contributed by atoms with E-state index in [1.54, 1.807) is 6.92 Å². The van der Waals surface area contributed by atoms with Crippen LogP contribution in [0.3, 0.4) is 0 Å². The highest BCUT2D eigenvalue weighted by molar-refractivity contribution is 5.12. The third-order valence-electron chi connectivity index (χ3n) is 2.71. The lowest BCUT2D eigenvalue weighted by atomic mass is 9.83. The molecule has 0 aromatic heterocycles. The first-order valence-electron chi connectivity index (χ1n) is 5.76. The van der Waals surface area contributed by atoms with Crippen LogP contribution in [0.4, 0.5) is 0 Å². The van der Waals surface area contributed by atoms with E-state index in [1.165, 1.54) is 11.1 Å². The molecule has 1 nitrogen and oxygen atoms in total. The number of rotatable bonds is 5. The fourth-order valence-corrected chi connectivity index (χ4v) is 1.43. The van der Waals surface area contributed by atoms with E-state index in [0.29, 0.717) is 0 Å². The molecule has 0 aliphatic heterocycles. The molecule has 0 spiro atoms. The predicted molar refractivity (Wildman–Crippen MR) is 71.0 cm³/mol. The second-order valence-electron chi connectivity index (χ2n) is 5.02. The van der Waals surface area contributed by atoms with Gasteiger partial charge in [-0.2, -0.15) is 0 Å². The molecule has 0 radical (unpaired) electrons. The Morgan fingerprint density at radius 2 is 1.56 bits per heavy atom. The first-order chi connectivity index (χ1) is 7.29. The predicted octanol–water partition coefficient (Wildman–Crippen LogP) is 3.70. The molecule has 0 fully saturated rings. The summed E-state index contributed by atoms with van der Waals surface area (Å²) in [4.78, 5) is 0. The maximum absolute atomic E-state index is 10.1. The summed E-state index contributed by atoms with van der Waals surface area (Å²) < 4.78 is 0. The van der Waals surface area contributed by atoms with Crippen LogP contribution in [0.15, 0.2) is 23.3 Å². The van der Waals surface area contributed by atoms with Gasteiger partial charge in [0.15, 0.2) is 0 Å². The third kappa shape index (κ3) is 5.78. The first-order valence-corrected chi connectivity index (χ1v) is 5.76. The summed E-state index contributed by atoms with van der Waals surface area (Å²) in [7, 11) is 0. The van der Waals surface area contributed by atoms with Crippen LogP contribution in [-0.2, 0) is 0 Å². The molecule has 0 unspecified atom stereocenters. The van der Waals surface area contributed by atoms with Crippen molar-refractivity contribution in [3.63, 3.8) is 0 Å². The molecule has 0 aromatic rings. The zero-order valence-electron chi connectivity index (χ0n) is 11.2. The monoisotopic (exact) mass is 220 g/mol. The van der Waals surface area contributed by atoms with E-state index < -0.39 is 5.60 Å². The van der Waals surface area contributed by atoms with Gasteiger partial charge in [0.05, 0.1) is 0 Å². The Morgan fingerprint density at radius 1 is 1.19 bits per heavy atom. The molecule has 0 aliphatic rings. The lowest BCUT2D eigenvalue weighted by Gasteiger charge is -2.26. The first kappa shape index (κ1) is 15.0. The largest absolute Gasteiger partial charge is 0.378 e.